The van der Waals surface area contributed by atoms with Crippen molar-refractivity contribution in [1.29, 1.82) is 0 Å². The van der Waals surface area contributed by atoms with E-state index in [1.165, 1.54) is 23.9 Å². The van der Waals surface area contributed by atoms with Gasteiger partial charge in [-0.05, 0) is 84.6 Å². The third kappa shape index (κ3) is 10.2. The van der Waals surface area contributed by atoms with Gasteiger partial charge in [-0.25, -0.2) is 27.6 Å². The molecular formula is C43H42F3N9O5S2. The number of anilines is 3. The molecule has 2 aliphatic rings. The van der Waals surface area contributed by atoms with E-state index < -0.39 is 38.6 Å². The molecule has 0 saturated carbocycles. The minimum Gasteiger partial charge on any atom is -0.381 e. The van der Waals surface area contributed by atoms with Gasteiger partial charge in [0.2, 0.25) is 0 Å². The molecule has 2 amide bonds. The molecule has 322 valence electrons. The first-order valence-corrected chi connectivity index (χ1v) is 22.3. The number of fused-ring (bicyclic) bond motifs is 2. The SMILES string of the molecule is O=C(NS(=O)(=O)c1ccc(N[C@H](CCN2CCOCC2)CSc2ccccc2)c(C(F)(F)F)c1)c1cccc(N2CCc3cccc(C(=O)Nc4cn5ncccc5n4)c3C2)n1. The Labute approximate surface area is 359 Å². The van der Waals surface area contributed by atoms with Crippen molar-refractivity contribution < 1.29 is 35.9 Å². The average Bonchev–Trinajstić information content (AvgIpc) is 3.69. The Morgan fingerprint density at radius 1 is 0.887 bits per heavy atom. The van der Waals surface area contributed by atoms with Crippen LogP contribution in [-0.2, 0) is 33.9 Å². The van der Waals surface area contributed by atoms with Crippen LogP contribution in [0.3, 0.4) is 0 Å². The molecule has 62 heavy (non-hydrogen) atoms. The maximum Gasteiger partial charge on any atom is 0.418 e. The van der Waals surface area contributed by atoms with E-state index in [1.54, 1.807) is 47.2 Å². The standard InChI is InChI=1S/C43H42F3N9O5S2/c44-43(45,46)35-25-32(14-15-36(35)48-30(17-19-53-21-23-60-24-22-53)28-61-31-8-2-1-3-9-31)62(58,59)52-42(57)37-11-5-12-39(49-37)54-20-16-29-7-4-10-33(34(29)26-54)41(56)51-38-27-55-40(50-38)13-6-18-47-55/h1-15,18,25,27,30,48H,16-17,19-24,26,28H2,(H,51,56)(H,52,57)/t30-/m1/s1. The lowest BCUT2D eigenvalue weighted by molar-refractivity contribution is -0.137. The molecule has 1 fully saturated rings. The number of amides is 2. The highest BCUT2D eigenvalue weighted by atomic mass is 32.2. The lowest BCUT2D eigenvalue weighted by Gasteiger charge is -2.31. The van der Waals surface area contributed by atoms with Crippen molar-refractivity contribution in [3.63, 3.8) is 0 Å². The molecule has 0 spiro atoms. The monoisotopic (exact) mass is 885 g/mol. The Hall–Kier alpha value is -6.02. The fourth-order valence-electron chi connectivity index (χ4n) is 7.37. The quantitative estimate of drug-likeness (QED) is 0.104. The van der Waals surface area contributed by atoms with E-state index in [1.807, 2.05) is 46.0 Å². The molecule has 0 aliphatic carbocycles. The predicted octanol–water partition coefficient (Wildman–Crippen LogP) is 6.37. The third-order valence-electron chi connectivity index (χ3n) is 10.6. The number of hydrogen-bond acceptors (Lipinski definition) is 12. The Morgan fingerprint density at radius 3 is 2.48 bits per heavy atom. The number of halogens is 3. The van der Waals surface area contributed by atoms with Crippen molar-refractivity contribution >= 4 is 56.6 Å². The first kappa shape index (κ1) is 42.7. The van der Waals surface area contributed by atoms with Crippen molar-refractivity contribution in [3.05, 3.63) is 137 Å². The van der Waals surface area contributed by atoms with Gasteiger partial charge in [-0.3, -0.25) is 14.5 Å². The largest absolute Gasteiger partial charge is 0.418 e. The van der Waals surface area contributed by atoms with E-state index in [9.17, 15) is 31.2 Å². The predicted molar refractivity (Wildman–Crippen MR) is 229 cm³/mol. The Morgan fingerprint density at radius 2 is 1.69 bits per heavy atom. The molecule has 0 bridgehead atoms. The summed E-state index contributed by atoms with van der Waals surface area (Å²) in [6, 6.07) is 25.2. The van der Waals surface area contributed by atoms with E-state index in [0.717, 1.165) is 41.2 Å². The van der Waals surface area contributed by atoms with Crippen LogP contribution in [0.2, 0.25) is 0 Å². The summed E-state index contributed by atoms with van der Waals surface area (Å²) < 4.78 is 79.9. The molecular weight excluding hydrogens is 844 g/mol. The number of nitrogens with one attached hydrogen (secondary N) is 3. The van der Waals surface area contributed by atoms with E-state index >= 15 is 0 Å². The molecule has 0 unspecified atom stereocenters. The fraction of sp³-hybridized carbons (Fsp3) is 0.279. The van der Waals surface area contributed by atoms with Crippen molar-refractivity contribution in [1.82, 2.24) is 29.2 Å². The smallest absolute Gasteiger partial charge is 0.381 e. The van der Waals surface area contributed by atoms with Gasteiger partial charge >= 0.3 is 6.18 Å². The molecule has 3 aromatic heterocycles. The number of nitrogens with zero attached hydrogens (tertiary/aromatic N) is 6. The summed E-state index contributed by atoms with van der Waals surface area (Å²) in [4.78, 5) is 40.1. The van der Waals surface area contributed by atoms with Crippen LogP contribution in [0.4, 0.5) is 30.5 Å². The molecule has 5 heterocycles. The lowest BCUT2D eigenvalue weighted by atomic mass is 9.94. The zero-order chi connectivity index (χ0) is 43.3. The lowest BCUT2D eigenvalue weighted by Crippen LogP contribution is -2.39. The van der Waals surface area contributed by atoms with Crippen LogP contribution in [0.5, 0.6) is 0 Å². The maximum absolute atomic E-state index is 14.7. The number of benzene rings is 3. The van der Waals surface area contributed by atoms with Gasteiger partial charge in [0.1, 0.15) is 11.5 Å². The highest BCUT2D eigenvalue weighted by Crippen LogP contribution is 2.37. The number of pyridine rings is 1. The van der Waals surface area contributed by atoms with Crippen LogP contribution < -0.4 is 20.3 Å². The number of aromatic nitrogens is 4. The summed E-state index contributed by atoms with van der Waals surface area (Å²) in [7, 11) is -4.79. The van der Waals surface area contributed by atoms with Crippen molar-refractivity contribution in [2.75, 3.05) is 60.7 Å². The second-order valence-corrected chi connectivity index (χ2v) is 17.5. The molecule has 8 rings (SSSR count). The Kier molecular flexibility index (Phi) is 12.8. The minimum absolute atomic E-state index is 0.252. The zero-order valence-corrected chi connectivity index (χ0v) is 34.8. The number of alkyl halides is 3. The topological polar surface area (TPSA) is 163 Å². The number of hydrogen-bond donors (Lipinski definition) is 3. The number of rotatable bonds is 14. The maximum atomic E-state index is 14.7. The summed E-state index contributed by atoms with van der Waals surface area (Å²) in [6.45, 7) is 3.99. The van der Waals surface area contributed by atoms with Crippen LogP contribution in [0.15, 0.2) is 119 Å². The summed E-state index contributed by atoms with van der Waals surface area (Å²) in [5.41, 5.74) is 0.977. The number of carbonyl (C=O) groups excluding carboxylic acids is 2. The van der Waals surface area contributed by atoms with Crippen molar-refractivity contribution in [2.45, 2.75) is 41.4 Å². The van der Waals surface area contributed by atoms with E-state index in [4.69, 9.17) is 4.74 Å². The Balaban J connectivity index is 0.963. The van der Waals surface area contributed by atoms with Gasteiger partial charge in [0.25, 0.3) is 21.8 Å². The summed E-state index contributed by atoms with van der Waals surface area (Å²) in [5, 5.41) is 10.1. The van der Waals surface area contributed by atoms with Crippen LogP contribution >= 0.6 is 11.8 Å². The van der Waals surface area contributed by atoms with Gasteiger partial charge in [-0.2, -0.15) is 18.3 Å². The van der Waals surface area contributed by atoms with Crippen LogP contribution in [0.1, 0.15) is 44.0 Å². The van der Waals surface area contributed by atoms with Crippen LogP contribution in [0.25, 0.3) is 5.65 Å². The van der Waals surface area contributed by atoms with E-state index in [0.29, 0.717) is 73.8 Å². The fourth-order valence-corrected chi connectivity index (χ4v) is 9.35. The normalized spacial score (nSPS) is 15.2. The second-order valence-electron chi connectivity index (χ2n) is 14.8. The van der Waals surface area contributed by atoms with Crippen molar-refractivity contribution in [2.24, 2.45) is 0 Å². The summed E-state index contributed by atoms with van der Waals surface area (Å²) >= 11 is 1.51. The number of ether oxygens (including phenoxy) is 1. The molecule has 3 aromatic carbocycles. The zero-order valence-electron chi connectivity index (χ0n) is 33.2. The van der Waals surface area contributed by atoms with Crippen LogP contribution in [-0.4, -0.2) is 95.9 Å². The first-order valence-electron chi connectivity index (χ1n) is 19.9. The first-order chi connectivity index (χ1) is 29.9. The third-order valence-corrected chi connectivity index (χ3v) is 13.1. The summed E-state index contributed by atoms with van der Waals surface area (Å²) in [5.74, 6) is -0.375. The molecule has 2 aliphatic heterocycles. The minimum atomic E-state index is -4.92. The van der Waals surface area contributed by atoms with Gasteiger partial charge in [-0.1, -0.05) is 36.4 Å². The molecule has 14 nitrogen and oxygen atoms in total. The van der Waals surface area contributed by atoms with Crippen molar-refractivity contribution in [3.8, 4) is 0 Å². The number of imidazole rings is 1. The number of carbonyl (C=O) groups is 2. The molecule has 1 atom stereocenters. The van der Waals surface area contributed by atoms with E-state index in [2.05, 4.69) is 30.6 Å². The molecule has 0 radical (unpaired) electrons. The molecule has 6 aromatic rings. The highest BCUT2D eigenvalue weighted by molar-refractivity contribution is 7.99. The van der Waals surface area contributed by atoms with E-state index in [-0.39, 0.29) is 23.8 Å². The molecule has 1 saturated heterocycles. The average molecular weight is 886 g/mol. The Bertz CT molecular complexity index is 2650. The summed E-state index contributed by atoms with van der Waals surface area (Å²) in [6.07, 6.45) is -0.630. The highest BCUT2D eigenvalue weighted by Gasteiger charge is 2.36. The number of sulfonamides is 1. The van der Waals surface area contributed by atoms with Gasteiger partial charge in [0, 0.05) is 66.9 Å². The van der Waals surface area contributed by atoms with Gasteiger partial charge in [0.15, 0.2) is 11.5 Å². The molecule has 3 N–H and O–H groups in total. The van der Waals surface area contributed by atoms with Gasteiger partial charge < -0.3 is 20.3 Å². The molecule has 19 heteroatoms. The van der Waals surface area contributed by atoms with Gasteiger partial charge in [-0.15, -0.1) is 11.8 Å². The van der Waals surface area contributed by atoms with Crippen LogP contribution in [0, 0.1) is 0 Å². The van der Waals surface area contributed by atoms with Gasteiger partial charge in [0.05, 0.1) is 29.9 Å². The second kappa shape index (κ2) is 18.5. The number of morpholine rings is 1. The number of thioether (sulfide) groups is 1.